The van der Waals surface area contributed by atoms with Crippen molar-refractivity contribution in [3.63, 3.8) is 0 Å². The average molecular weight is 519 g/mol. The van der Waals surface area contributed by atoms with Crippen LogP contribution in [-0.4, -0.2) is 60.6 Å². The Kier molecular flexibility index (Phi) is 6.25. The van der Waals surface area contributed by atoms with Gasteiger partial charge in [0.1, 0.15) is 6.33 Å². The number of rotatable bonds is 7. The van der Waals surface area contributed by atoms with Crippen LogP contribution in [0.25, 0.3) is 28.0 Å². The average Bonchev–Trinajstić information content (AvgIpc) is 3.60. The molecule has 1 aliphatic rings. The highest BCUT2D eigenvalue weighted by Gasteiger charge is 2.21. The number of nitrogens with zero attached hydrogens (tertiary/aromatic N) is 8. The van der Waals surface area contributed by atoms with Gasteiger partial charge in [0.25, 0.3) is 0 Å². The van der Waals surface area contributed by atoms with Crippen LogP contribution in [0.1, 0.15) is 12.2 Å². The number of alkyl halides is 2. The molecule has 1 saturated heterocycles. The molecule has 194 valence electrons. The zero-order chi connectivity index (χ0) is 26.1. The van der Waals surface area contributed by atoms with Gasteiger partial charge in [-0.15, -0.1) is 0 Å². The van der Waals surface area contributed by atoms with E-state index in [4.69, 9.17) is 20.4 Å². The van der Waals surface area contributed by atoms with E-state index in [1.54, 1.807) is 10.8 Å². The van der Waals surface area contributed by atoms with Gasteiger partial charge in [-0.1, -0.05) is 18.2 Å². The third-order valence-corrected chi connectivity index (χ3v) is 6.23. The van der Waals surface area contributed by atoms with Crippen molar-refractivity contribution >= 4 is 28.6 Å². The number of fused-ring (bicyclic) bond motifs is 1. The predicted molar refractivity (Wildman–Crippen MR) is 138 cm³/mol. The lowest BCUT2D eigenvalue weighted by Crippen LogP contribution is -2.37. The van der Waals surface area contributed by atoms with Gasteiger partial charge in [0.2, 0.25) is 5.95 Å². The summed E-state index contributed by atoms with van der Waals surface area (Å²) < 4.78 is 33.9. The first kappa shape index (κ1) is 23.7. The van der Waals surface area contributed by atoms with Crippen LogP contribution in [0.5, 0.6) is 0 Å². The smallest absolute Gasteiger partial charge is 0.333 e. The van der Waals surface area contributed by atoms with Gasteiger partial charge in [-0.3, -0.25) is 9.55 Å². The number of hydrogen-bond acceptors (Lipinski definition) is 9. The Hall–Kier alpha value is -4.65. The van der Waals surface area contributed by atoms with E-state index < -0.39 is 6.55 Å². The maximum absolute atomic E-state index is 13.1. The van der Waals surface area contributed by atoms with Gasteiger partial charge in [-0.05, 0) is 23.8 Å². The molecule has 1 aromatic carbocycles. The minimum Gasteiger partial charge on any atom is -0.399 e. The summed E-state index contributed by atoms with van der Waals surface area (Å²) in [6.07, 6.45) is 5.93. The summed E-state index contributed by atoms with van der Waals surface area (Å²) in [7, 11) is 0. The first-order chi connectivity index (χ1) is 18.5. The number of halogens is 2. The monoisotopic (exact) mass is 518 g/mol. The van der Waals surface area contributed by atoms with E-state index >= 15 is 0 Å². The molecule has 1 aliphatic heterocycles. The molecule has 38 heavy (non-hydrogen) atoms. The molecule has 1 fully saturated rings. The zero-order valence-electron chi connectivity index (χ0n) is 20.2. The Morgan fingerprint density at radius 3 is 2.63 bits per heavy atom. The summed E-state index contributed by atoms with van der Waals surface area (Å²) >= 11 is 0. The van der Waals surface area contributed by atoms with Crippen LogP contribution in [0.2, 0.25) is 0 Å². The van der Waals surface area contributed by atoms with Gasteiger partial charge < -0.3 is 20.7 Å². The molecule has 0 unspecified atom stereocenters. The van der Waals surface area contributed by atoms with E-state index in [1.807, 2.05) is 41.3 Å². The van der Waals surface area contributed by atoms with Crippen molar-refractivity contribution in [1.29, 1.82) is 0 Å². The number of aromatic nitrogens is 7. The Morgan fingerprint density at radius 1 is 1.03 bits per heavy atom. The highest BCUT2D eigenvalue weighted by atomic mass is 19.3. The van der Waals surface area contributed by atoms with Crippen molar-refractivity contribution in [3.8, 4) is 16.8 Å². The SMILES string of the molecule is Nc1cccc(-c2ccc(CNc3nc(N4CCOCC4)nc4c3ncn4-c3cnn(C(F)F)c3)nc2)c1. The fourth-order valence-electron chi connectivity index (χ4n) is 4.26. The summed E-state index contributed by atoms with van der Waals surface area (Å²) in [6.45, 7) is 0.0433. The zero-order valence-corrected chi connectivity index (χ0v) is 20.2. The van der Waals surface area contributed by atoms with Crippen LogP contribution in [0.3, 0.4) is 0 Å². The Balaban J connectivity index is 1.31. The molecule has 3 N–H and O–H groups in total. The maximum Gasteiger partial charge on any atom is 0.333 e. The highest BCUT2D eigenvalue weighted by Crippen LogP contribution is 2.27. The van der Waals surface area contributed by atoms with Crippen molar-refractivity contribution in [2.75, 3.05) is 42.3 Å². The molecule has 0 aliphatic carbocycles. The van der Waals surface area contributed by atoms with Gasteiger partial charge in [0.15, 0.2) is 17.0 Å². The number of nitrogens with one attached hydrogen (secondary N) is 1. The third kappa shape index (κ3) is 4.70. The molecule has 0 bridgehead atoms. The molecule has 0 saturated carbocycles. The molecular formula is C25H24F2N10O. The molecule has 0 atom stereocenters. The lowest BCUT2D eigenvalue weighted by molar-refractivity contribution is 0.0566. The molecular weight excluding hydrogens is 494 g/mol. The minimum absolute atomic E-state index is 0.391. The summed E-state index contributed by atoms with van der Waals surface area (Å²) in [5.74, 6) is 1.01. The number of nitrogen functional groups attached to an aromatic ring is 1. The van der Waals surface area contributed by atoms with Gasteiger partial charge in [0, 0.05) is 30.5 Å². The third-order valence-electron chi connectivity index (χ3n) is 6.23. The number of morpholine rings is 1. The largest absolute Gasteiger partial charge is 0.399 e. The predicted octanol–water partition coefficient (Wildman–Crippen LogP) is 3.50. The van der Waals surface area contributed by atoms with E-state index in [-0.39, 0.29) is 0 Å². The van der Waals surface area contributed by atoms with Gasteiger partial charge >= 0.3 is 6.55 Å². The summed E-state index contributed by atoms with van der Waals surface area (Å²) in [6, 6.07) is 11.6. The molecule has 6 rings (SSSR count). The topological polar surface area (TPSA) is 125 Å². The van der Waals surface area contributed by atoms with Crippen LogP contribution in [0.15, 0.2) is 61.3 Å². The number of pyridine rings is 1. The molecule has 5 aromatic rings. The Bertz CT molecular complexity index is 1560. The molecule has 13 heteroatoms. The first-order valence-electron chi connectivity index (χ1n) is 12.0. The number of imidazole rings is 1. The fraction of sp³-hybridized carbons (Fsp3) is 0.240. The fourth-order valence-corrected chi connectivity index (χ4v) is 4.26. The van der Waals surface area contributed by atoms with Crippen molar-refractivity contribution in [3.05, 3.63) is 67.0 Å². The van der Waals surface area contributed by atoms with Crippen molar-refractivity contribution in [1.82, 2.24) is 34.3 Å². The molecule has 0 radical (unpaired) electrons. The maximum atomic E-state index is 13.1. The van der Waals surface area contributed by atoms with Crippen LogP contribution < -0.4 is 16.0 Å². The summed E-state index contributed by atoms with van der Waals surface area (Å²) in [4.78, 5) is 20.6. The normalized spacial score (nSPS) is 13.9. The van der Waals surface area contributed by atoms with Gasteiger partial charge in [0.05, 0.1) is 43.5 Å². The second-order valence-corrected chi connectivity index (χ2v) is 8.73. The molecule has 0 amide bonds. The second-order valence-electron chi connectivity index (χ2n) is 8.73. The lowest BCUT2D eigenvalue weighted by Gasteiger charge is -2.27. The quantitative estimate of drug-likeness (QED) is 0.312. The van der Waals surface area contributed by atoms with Gasteiger partial charge in [-0.2, -0.15) is 23.8 Å². The Labute approximate surface area is 215 Å². The van der Waals surface area contributed by atoms with Crippen molar-refractivity contribution < 1.29 is 13.5 Å². The van der Waals surface area contributed by atoms with Crippen LogP contribution in [0.4, 0.5) is 26.2 Å². The second kappa shape index (κ2) is 10.0. The van der Waals surface area contributed by atoms with E-state index in [0.29, 0.717) is 71.8 Å². The first-order valence-corrected chi connectivity index (χ1v) is 12.0. The number of ether oxygens (including phenoxy) is 1. The van der Waals surface area contributed by atoms with Gasteiger partial charge in [-0.25, -0.2) is 9.67 Å². The lowest BCUT2D eigenvalue weighted by atomic mass is 10.1. The van der Waals surface area contributed by atoms with E-state index in [2.05, 4.69) is 20.4 Å². The number of benzene rings is 1. The standard InChI is InChI=1S/C25H24F2N10O/c26-24(27)37-14-20(13-32-37)36-15-31-21-22(33-25(34-23(21)36)35-6-8-38-9-7-35)30-12-19-5-4-17(11-29-19)16-2-1-3-18(28)10-16/h1-5,10-11,13-15,24H,6-9,12,28H2,(H,30,33,34). The molecule has 5 heterocycles. The number of nitrogens with two attached hydrogens (primary N) is 1. The van der Waals surface area contributed by atoms with Crippen LogP contribution in [-0.2, 0) is 11.3 Å². The number of hydrogen-bond donors (Lipinski definition) is 2. The highest BCUT2D eigenvalue weighted by molar-refractivity contribution is 5.85. The summed E-state index contributed by atoms with van der Waals surface area (Å²) in [5, 5.41) is 7.07. The molecule has 11 nitrogen and oxygen atoms in total. The van der Waals surface area contributed by atoms with Crippen molar-refractivity contribution in [2.24, 2.45) is 0 Å². The molecule has 0 spiro atoms. The number of anilines is 3. The van der Waals surface area contributed by atoms with Crippen LogP contribution >= 0.6 is 0 Å². The van der Waals surface area contributed by atoms with E-state index in [1.165, 1.54) is 18.7 Å². The van der Waals surface area contributed by atoms with Crippen LogP contribution in [0, 0.1) is 0 Å². The Morgan fingerprint density at radius 2 is 1.89 bits per heavy atom. The minimum atomic E-state index is -2.74. The van der Waals surface area contributed by atoms with E-state index in [9.17, 15) is 8.78 Å². The molecule has 4 aromatic heterocycles. The van der Waals surface area contributed by atoms with Crippen molar-refractivity contribution in [2.45, 2.75) is 13.1 Å². The van der Waals surface area contributed by atoms with E-state index in [0.717, 1.165) is 16.8 Å². The summed E-state index contributed by atoms with van der Waals surface area (Å²) in [5.41, 5.74) is 10.7.